The number of carbonyl (C=O) groups excluding carboxylic acids is 1. The normalized spacial score (nSPS) is 12.3. The van der Waals surface area contributed by atoms with Crippen molar-refractivity contribution in [1.29, 1.82) is 0 Å². The molecule has 2 heterocycles. The third-order valence-electron chi connectivity index (χ3n) is 3.29. The fourth-order valence-corrected chi connectivity index (χ4v) is 2.85. The van der Waals surface area contributed by atoms with E-state index >= 15 is 0 Å². The van der Waals surface area contributed by atoms with Crippen LogP contribution in [0, 0.1) is 0 Å². The van der Waals surface area contributed by atoms with Gasteiger partial charge in [0.1, 0.15) is 5.82 Å². The van der Waals surface area contributed by atoms with Gasteiger partial charge in [0.2, 0.25) is 0 Å². The van der Waals surface area contributed by atoms with Crippen molar-refractivity contribution in [3.8, 4) is 0 Å². The van der Waals surface area contributed by atoms with E-state index in [0.29, 0.717) is 11.5 Å². The topological polar surface area (TPSA) is 58.1 Å². The van der Waals surface area contributed by atoms with Gasteiger partial charge in [0.25, 0.3) is 5.91 Å². The minimum Gasteiger partial charge on any atom is -0.363 e. The van der Waals surface area contributed by atoms with E-state index in [9.17, 15) is 4.79 Å². The SMILES string of the molecule is CC(C)c1nc([C@@H](C)NC(=O)c2ccnc(N(C)C)c2)cs1. The van der Waals surface area contributed by atoms with Gasteiger partial charge in [0.15, 0.2) is 0 Å². The summed E-state index contributed by atoms with van der Waals surface area (Å²) in [6.45, 7) is 6.18. The van der Waals surface area contributed by atoms with E-state index in [4.69, 9.17) is 0 Å². The first-order valence-electron chi connectivity index (χ1n) is 7.28. The van der Waals surface area contributed by atoms with Crippen LogP contribution < -0.4 is 10.2 Å². The van der Waals surface area contributed by atoms with E-state index in [-0.39, 0.29) is 11.9 Å². The first-order chi connectivity index (χ1) is 10.4. The summed E-state index contributed by atoms with van der Waals surface area (Å²) >= 11 is 1.64. The quantitative estimate of drug-likeness (QED) is 0.919. The molecule has 1 amide bonds. The number of nitrogens with one attached hydrogen (secondary N) is 1. The second-order valence-electron chi connectivity index (χ2n) is 5.76. The molecule has 0 bridgehead atoms. The van der Waals surface area contributed by atoms with Gasteiger partial charge in [-0.3, -0.25) is 4.79 Å². The van der Waals surface area contributed by atoms with Crippen molar-refractivity contribution >= 4 is 23.1 Å². The molecular weight excluding hydrogens is 296 g/mol. The summed E-state index contributed by atoms with van der Waals surface area (Å²) in [4.78, 5) is 23.0. The average molecular weight is 318 g/mol. The molecule has 0 unspecified atom stereocenters. The predicted octanol–water partition coefficient (Wildman–Crippen LogP) is 3.22. The molecule has 6 heteroatoms. The fraction of sp³-hybridized carbons (Fsp3) is 0.438. The zero-order valence-electron chi connectivity index (χ0n) is 13.6. The number of anilines is 1. The molecule has 118 valence electrons. The van der Waals surface area contributed by atoms with Crippen LogP contribution in [0.15, 0.2) is 23.7 Å². The number of amides is 1. The summed E-state index contributed by atoms with van der Waals surface area (Å²) < 4.78 is 0. The molecule has 22 heavy (non-hydrogen) atoms. The number of nitrogens with zero attached hydrogens (tertiary/aromatic N) is 3. The minimum atomic E-state index is -0.118. The number of carbonyl (C=O) groups is 1. The lowest BCUT2D eigenvalue weighted by Gasteiger charge is -2.14. The molecule has 1 N–H and O–H groups in total. The highest BCUT2D eigenvalue weighted by Gasteiger charge is 2.16. The van der Waals surface area contributed by atoms with Gasteiger partial charge < -0.3 is 10.2 Å². The molecule has 0 radical (unpaired) electrons. The summed E-state index contributed by atoms with van der Waals surface area (Å²) in [6.07, 6.45) is 1.65. The summed E-state index contributed by atoms with van der Waals surface area (Å²) in [6, 6.07) is 3.38. The van der Waals surface area contributed by atoms with Crippen LogP contribution in [-0.2, 0) is 0 Å². The van der Waals surface area contributed by atoms with E-state index in [1.165, 1.54) is 0 Å². The maximum atomic E-state index is 12.4. The Morgan fingerprint density at radius 3 is 2.64 bits per heavy atom. The summed E-state index contributed by atoms with van der Waals surface area (Å²) in [5, 5.41) is 6.09. The van der Waals surface area contributed by atoms with Crippen LogP contribution in [-0.4, -0.2) is 30.0 Å². The van der Waals surface area contributed by atoms with Crippen LogP contribution in [0.1, 0.15) is 53.8 Å². The van der Waals surface area contributed by atoms with Crippen molar-refractivity contribution in [3.63, 3.8) is 0 Å². The van der Waals surface area contributed by atoms with E-state index in [0.717, 1.165) is 16.5 Å². The minimum absolute atomic E-state index is 0.114. The Hall–Kier alpha value is -1.95. The van der Waals surface area contributed by atoms with Crippen molar-refractivity contribution in [2.45, 2.75) is 32.7 Å². The molecule has 2 rings (SSSR count). The van der Waals surface area contributed by atoms with Crippen molar-refractivity contribution in [2.24, 2.45) is 0 Å². The first-order valence-corrected chi connectivity index (χ1v) is 8.16. The summed E-state index contributed by atoms with van der Waals surface area (Å²) in [5.74, 6) is 1.05. The van der Waals surface area contributed by atoms with Gasteiger partial charge in [-0.25, -0.2) is 9.97 Å². The lowest BCUT2D eigenvalue weighted by molar-refractivity contribution is 0.0939. The second kappa shape index (κ2) is 6.87. The Bertz CT molecular complexity index is 651. The Kier molecular flexibility index (Phi) is 5.13. The Morgan fingerprint density at radius 2 is 2.05 bits per heavy atom. The molecule has 0 aliphatic rings. The van der Waals surface area contributed by atoms with Crippen molar-refractivity contribution in [3.05, 3.63) is 40.0 Å². The number of hydrogen-bond acceptors (Lipinski definition) is 5. The third kappa shape index (κ3) is 3.82. The Labute approximate surface area is 135 Å². The number of thiazole rings is 1. The van der Waals surface area contributed by atoms with Crippen molar-refractivity contribution < 1.29 is 4.79 Å². The Balaban J connectivity index is 2.08. The van der Waals surface area contributed by atoms with Crippen LogP contribution in [0.25, 0.3) is 0 Å². The highest BCUT2D eigenvalue weighted by molar-refractivity contribution is 7.09. The molecule has 2 aromatic heterocycles. The maximum absolute atomic E-state index is 12.4. The van der Waals surface area contributed by atoms with Gasteiger partial charge in [-0.15, -0.1) is 11.3 Å². The van der Waals surface area contributed by atoms with Crippen LogP contribution >= 0.6 is 11.3 Å². The van der Waals surface area contributed by atoms with Gasteiger partial charge in [-0.1, -0.05) is 13.8 Å². The standard InChI is InChI=1S/C16H22N4OS/c1-10(2)16-19-13(9-22-16)11(3)18-15(21)12-6-7-17-14(8-12)20(4)5/h6-11H,1-5H3,(H,18,21)/t11-/m1/s1. The maximum Gasteiger partial charge on any atom is 0.251 e. The van der Waals surface area contributed by atoms with E-state index in [1.807, 2.05) is 31.3 Å². The molecule has 0 saturated carbocycles. The lowest BCUT2D eigenvalue weighted by atomic mass is 10.2. The predicted molar refractivity (Wildman–Crippen MR) is 90.6 cm³/mol. The third-order valence-corrected chi connectivity index (χ3v) is 4.45. The highest BCUT2D eigenvalue weighted by Crippen LogP contribution is 2.23. The van der Waals surface area contributed by atoms with Gasteiger partial charge in [0, 0.05) is 37.2 Å². The van der Waals surface area contributed by atoms with E-state index < -0.39 is 0 Å². The number of aromatic nitrogens is 2. The second-order valence-corrected chi connectivity index (χ2v) is 6.65. The molecular formula is C16H22N4OS. The average Bonchev–Trinajstić information content (AvgIpc) is 2.97. The lowest BCUT2D eigenvalue weighted by Crippen LogP contribution is -2.27. The molecule has 0 aliphatic carbocycles. The molecule has 5 nitrogen and oxygen atoms in total. The van der Waals surface area contributed by atoms with Crippen molar-refractivity contribution in [1.82, 2.24) is 15.3 Å². The van der Waals surface area contributed by atoms with Gasteiger partial charge in [0.05, 0.1) is 16.7 Å². The van der Waals surface area contributed by atoms with Gasteiger partial charge in [-0.2, -0.15) is 0 Å². The molecule has 2 aromatic rings. The Morgan fingerprint density at radius 1 is 1.32 bits per heavy atom. The summed E-state index contributed by atoms with van der Waals surface area (Å²) in [5.41, 5.74) is 1.51. The molecule has 0 spiro atoms. The molecule has 0 fully saturated rings. The molecule has 0 aromatic carbocycles. The van der Waals surface area contributed by atoms with E-state index in [1.54, 1.807) is 29.7 Å². The largest absolute Gasteiger partial charge is 0.363 e. The smallest absolute Gasteiger partial charge is 0.251 e. The first kappa shape index (κ1) is 16.4. The fourth-order valence-electron chi connectivity index (χ4n) is 1.92. The number of rotatable bonds is 5. The van der Waals surface area contributed by atoms with Crippen LogP contribution in [0.2, 0.25) is 0 Å². The number of pyridine rings is 1. The van der Waals surface area contributed by atoms with E-state index in [2.05, 4.69) is 29.1 Å². The highest BCUT2D eigenvalue weighted by atomic mass is 32.1. The monoisotopic (exact) mass is 318 g/mol. The zero-order valence-corrected chi connectivity index (χ0v) is 14.4. The summed E-state index contributed by atoms with van der Waals surface area (Å²) in [7, 11) is 3.80. The van der Waals surface area contributed by atoms with Crippen molar-refractivity contribution in [2.75, 3.05) is 19.0 Å². The molecule has 0 aliphatic heterocycles. The van der Waals surface area contributed by atoms with Crippen LogP contribution in [0.3, 0.4) is 0 Å². The van der Waals surface area contributed by atoms with Gasteiger partial charge >= 0.3 is 0 Å². The van der Waals surface area contributed by atoms with Gasteiger partial charge in [-0.05, 0) is 19.1 Å². The molecule has 0 saturated heterocycles. The van der Waals surface area contributed by atoms with Crippen LogP contribution in [0.4, 0.5) is 5.82 Å². The molecule has 1 atom stereocenters. The number of hydrogen-bond donors (Lipinski definition) is 1. The zero-order chi connectivity index (χ0) is 16.3. The van der Waals surface area contributed by atoms with Crippen LogP contribution in [0.5, 0.6) is 0 Å².